The van der Waals surface area contributed by atoms with Gasteiger partial charge in [-0.3, -0.25) is 4.79 Å². The number of carbonyl (C=O) groups excluding carboxylic acids is 1. The molecule has 0 aliphatic heterocycles. The van der Waals surface area contributed by atoms with Crippen LogP contribution in [0, 0.1) is 11.8 Å². The number of ether oxygens (including phenoxy) is 1. The Morgan fingerprint density at radius 2 is 1.56 bits per heavy atom. The van der Waals surface area contributed by atoms with E-state index in [-0.39, 0.29) is 23.8 Å². The number of rotatable bonds is 6. The molecule has 6 N–H and O–H groups in total. The van der Waals surface area contributed by atoms with Crippen molar-refractivity contribution >= 4 is 17.9 Å². The highest BCUT2D eigenvalue weighted by Gasteiger charge is 2.47. The third-order valence-electron chi connectivity index (χ3n) is 3.79. The minimum absolute atomic E-state index is 0.00482. The summed E-state index contributed by atoms with van der Waals surface area (Å²) < 4.78 is 4.70. The van der Waals surface area contributed by atoms with E-state index in [4.69, 9.17) is 30.9 Å². The number of carboxylic acid groups (broad SMARTS) is 2. The molecule has 9 nitrogen and oxygen atoms in total. The van der Waals surface area contributed by atoms with Crippen LogP contribution in [0.3, 0.4) is 0 Å². The predicted octanol–water partition coefficient (Wildman–Crippen LogP) is -0.627. The molecule has 5 atom stereocenters. The maximum Gasteiger partial charge on any atom is 0.335 e. The topological polar surface area (TPSA) is 167 Å². The smallest absolute Gasteiger partial charge is 0.335 e. The van der Waals surface area contributed by atoms with Crippen molar-refractivity contribution in [3.63, 3.8) is 0 Å². The number of methoxy groups -OCH3 is 1. The van der Waals surface area contributed by atoms with Gasteiger partial charge in [0.25, 0.3) is 0 Å². The van der Waals surface area contributed by atoms with Gasteiger partial charge in [-0.2, -0.15) is 0 Å². The van der Waals surface area contributed by atoms with Gasteiger partial charge in [-0.1, -0.05) is 30.3 Å². The molecule has 1 aromatic rings. The molecule has 1 aliphatic carbocycles. The molecule has 1 aromatic carbocycles. The molecule has 0 amide bonds. The van der Waals surface area contributed by atoms with E-state index in [9.17, 15) is 14.4 Å². The second-order valence-corrected chi connectivity index (χ2v) is 5.53. The number of aliphatic carboxylic acids is 2. The summed E-state index contributed by atoms with van der Waals surface area (Å²) in [6.45, 7) is 0. The van der Waals surface area contributed by atoms with Gasteiger partial charge in [0.05, 0.1) is 13.0 Å². The Kier molecular flexibility index (Phi) is 7.49. The first-order valence-electron chi connectivity index (χ1n) is 7.40. The van der Waals surface area contributed by atoms with Crippen molar-refractivity contribution in [3.05, 3.63) is 35.9 Å². The highest BCUT2D eigenvalue weighted by atomic mass is 16.5. The van der Waals surface area contributed by atoms with Gasteiger partial charge in [-0.15, -0.1) is 0 Å². The van der Waals surface area contributed by atoms with E-state index in [1.54, 1.807) is 0 Å². The molecule has 2 rings (SSSR count). The van der Waals surface area contributed by atoms with Crippen molar-refractivity contribution in [1.82, 2.24) is 0 Å². The zero-order valence-corrected chi connectivity index (χ0v) is 13.5. The summed E-state index contributed by atoms with van der Waals surface area (Å²) in [4.78, 5) is 30.8. The SMILES string of the molecule is COC(=O)[C@H]1C[C@@H]1[C@H](N)c1ccccc1.O=C(O)[C@@H](O)[C@H](O)C(=O)O. The second kappa shape index (κ2) is 9.11. The largest absolute Gasteiger partial charge is 0.479 e. The standard InChI is InChI=1S/C12H15NO2.C4H6O6/c1-15-12(14)10-7-9(10)11(13)8-5-3-2-4-6-8;5-1(3(7)8)2(6)4(9)10/h2-6,9-11H,7,13H2,1H3;1-2,5-6H,(H,7,8)(H,9,10)/t9-,10-,11+;1-,2-/m00/s1. The quantitative estimate of drug-likeness (QED) is 0.417. The second-order valence-electron chi connectivity index (χ2n) is 5.53. The van der Waals surface area contributed by atoms with Gasteiger partial charge in [0.2, 0.25) is 0 Å². The Labute approximate surface area is 143 Å². The Morgan fingerprint density at radius 1 is 1.08 bits per heavy atom. The molecule has 0 bridgehead atoms. The average Bonchev–Trinajstić information content (AvgIpc) is 3.40. The fourth-order valence-corrected chi connectivity index (χ4v) is 2.23. The van der Waals surface area contributed by atoms with Crippen LogP contribution in [0.25, 0.3) is 0 Å². The van der Waals surface area contributed by atoms with Crippen LogP contribution in [0.4, 0.5) is 0 Å². The summed E-state index contributed by atoms with van der Waals surface area (Å²) in [5.74, 6) is -3.42. The fraction of sp³-hybridized carbons (Fsp3) is 0.438. The lowest BCUT2D eigenvalue weighted by molar-refractivity contribution is -0.165. The number of carboxylic acids is 2. The van der Waals surface area contributed by atoms with Gasteiger partial charge in [0.1, 0.15) is 0 Å². The third kappa shape index (κ3) is 5.82. The van der Waals surface area contributed by atoms with Gasteiger partial charge in [-0.05, 0) is 17.9 Å². The minimum atomic E-state index is -2.27. The summed E-state index contributed by atoms with van der Waals surface area (Å²) in [6.07, 6.45) is -3.68. The number of hydrogen-bond acceptors (Lipinski definition) is 7. The van der Waals surface area contributed by atoms with E-state index in [0.717, 1.165) is 12.0 Å². The first kappa shape index (κ1) is 20.6. The number of aliphatic hydroxyl groups excluding tert-OH is 2. The lowest BCUT2D eigenvalue weighted by atomic mass is 10.0. The number of benzene rings is 1. The van der Waals surface area contributed by atoms with Crippen molar-refractivity contribution in [2.75, 3.05) is 7.11 Å². The molecule has 1 saturated carbocycles. The number of hydrogen-bond donors (Lipinski definition) is 5. The van der Waals surface area contributed by atoms with Crippen LogP contribution in [0.2, 0.25) is 0 Å². The van der Waals surface area contributed by atoms with E-state index in [0.29, 0.717) is 0 Å². The van der Waals surface area contributed by atoms with Gasteiger partial charge < -0.3 is 30.9 Å². The summed E-state index contributed by atoms with van der Waals surface area (Å²) in [5.41, 5.74) is 7.17. The van der Waals surface area contributed by atoms with E-state index in [1.165, 1.54) is 7.11 Å². The van der Waals surface area contributed by atoms with Crippen molar-refractivity contribution in [2.45, 2.75) is 24.7 Å². The lowest BCUT2D eigenvalue weighted by Crippen LogP contribution is -2.39. The van der Waals surface area contributed by atoms with Gasteiger partial charge in [-0.25, -0.2) is 9.59 Å². The number of esters is 1. The maximum atomic E-state index is 11.2. The number of carbonyl (C=O) groups is 3. The average molecular weight is 355 g/mol. The monoisotopic (exact) mass is 355 g/mol. The van der Waals surface area contributed by atoms with Crippen LogP contribution in [-0.2, 0) is 19.1 Å². The Bertz CT molecular complexity index is 587. The zero-order valence-electron chi connectivity index (χ0n) is 13.5. The van der Waals surface area contributed by atoms with E-state index < -0.39 is 24.1 Å². The first-order chi connectivity index (χ1) is 11.7. The summed E-state index contributed by atoms with van der Waals surface area (Å²) >= 11 is 0. The van der Waals surface area contributed by atoms with E-state index in [2.05, 4.69) is 0 Å². The molecule has 0 aromatic heterocycles. The highest BCUT2D eigenvalue weighted by Crippen LogP contribution is 2.46. The van der Waals surface area contributed by atoms with Crippen LogP contribution in [-0.4, -0.2) is 57.7 Å². The Morgan fingerprint density at radius 3 is 1.96 bits per heavy atom. The molecular formula is C16H21NO8. The molecule has 0 saturated heterocycles. The molecule has 1 fully saturated rings. The molecule has 138 valence electrons. The molecule has 1 aliphatic rings. The third-order valence-corrected chi connectivity index (χ3v) is 3.79. The molecule has 0 heterocycles. The lowest BCUT2D eigenvalue weighted by Gasteiger charge is -2.10. The molecular weight excluding hydrogens is 334 g/mol. The number of nitrogens with two attached hydrogens (primary N) is 1. The van der Waals surface area contributed by atoms with Crippen LogP contribution >= 0.6 is 0 Å². The summed E-state index contributed by atoms with van der Waals surface area (Å²) in [5, 5.41) is 32.5. The molecule has 9 heteroatoms. The summed E-state index contributed by atoms with van der Waals surface area (Å²) in [7, 11) is 1.42. The molecule has 0 unspecified atom stereocenters. The van der Waals surface area contributed by atoms with Gasteiger partial charge in [0.15, 0.2) is 12.2 Å². The minimum Gasteiger partial charge on any atom is -0.479 e. The maximum absolute atomic E-state index is 11.2. The highest BCUT2D eigenvalue weighted by molar-refractivity contribution is 5.83. The molecule has 0 radical (unpaired) electrons. The van der Waals surface area contributed by atoms with Crippen molar-refractivity contribution in [2.24, 2.45) is 17.6 Å². The van der Waals surface area contributed by atoms with Crippen molar-refractivity contribution in [1.29, 1.82) is 0 Å². The fourth-order valence-electron chi connectivity index (χ4n) is 2.23. The van der Waals surface area contributed by atoms with Gasteiger partial charge >= 0.3 is 17.9 Å². The van der Waals surface area contributed by atoms with E-state index in [1.807, 2.05) is 30.3 Å². The van der Waals surface area contributed by atoms with Crippen LogP contribution in [0.5, 0.6) is 0 Å². The van der Waals surface area contributed by atoms with Crippen molar-refractivity contribution < 1.29 is 39.5 Å². The van der Waals surface area contributed by atoms with E-state index >= 15 is 0 Å². The Hall–Kier alpha value is -2.49. The van der Waals surface area contributed by atoms with Crippen LogP contribution < -0.4 is 5.73 Å². The number of aliphatic hydroxyl groups is 2. The zero-order chi connectivity index (χ0) is 19.1. The molecule has 0 spiro atoms. The van der Waals surface area contributed by atoms with Crippen LogP contribution in [0.1, 0.15) is 18.0 Å². The molecule has 25 heavy (non-hydrogen) atoms. The Balaban J connectivity index is 0.000000275. The van der Waals surface area contributed by atoms with Crippen LogP contribution in [0.15, 0.2) is 30.3 Å². The first-order valence-corrected chi connectivity index (χ1v) is 7.40. The normalized spacial score (nSPS) is 21.8. The van der Waals surface area contributed by atoms with Gasteiger partial charge in [0, 0.05) is 6.04 Å². The summed E-state index contributed by atoms with van der Waals surface area (Å²) in [6, 6.07) is 9.83. The predicted molar refractivity (Wildman–Crippen MR) is 84.3 cm³/mol. The van der Waals surface area contributed by atoms with Crippen molar-refractivity contribution in [3.8, 4) is 0 Å².